The van der Waals surface area contributed by atoms with Crippen molar-refractivity contribution in [3.05, 3.63) is 72.8 Å². The van der Waals surface area contributed by atoms with E-state index in [4.69, 9.17) is 9.40 Å². The first-order valence-electron chi connectivity index (χ1n) is 10.7. The van der Waals surface area contributed by atoms with Crippen molar-refractivity contribution in [3.63, 3.8) is 0 Å². The maximum atomic E-state index is 12.7. The SMILES string of the molecule is C[C@@H](NC(=O)CSc1nnc2c3ccccc3nc(-c3ccco3)n12)c1nc2ccccc2[nH]1. The number of imidazole rings is 1. The van der Waals surface area contributed by atoms with Gasteiger partial charge in [0, 0.05) is 5.39 Å². The molecule has 0 saturated heterocycles. The van der Waals surface area contributed by atoms with E-state index in [2.05, 4.69) is 25.5 Å². The molecule has 0 aliphatic carbocycles. The second-order valence-electron chi connectivity index (χ2n) is 7.79. The molecular weight excluding hydrogens is 450 g/mol. The summed E-state index contributed by atoms with van der Waals surface area (Å²) in [5.41, 5.74) is 3.26. The number of aromatic amines is 1. The topological polar surface area (TPSA) is 114 Å². The second-order valence-corrected chi connectivity index (χ2v) is 8.73. The summed E-state index contributed by atoms with van der Waals surface area (Å²) >= 11 is 1.29. The van der Waals surface area contributed by atoms with E-state index in [1.807, 2.05) is 72.0 Å². The third-order valence-electron chi connectivity index (χ3n) is 5.49. The molecule has 0 radical (unpaired) electrons. The number of fused-ring (bicyclic) bond motifs is 4. The van der Waals surface area contributed by atoms with Crippen LogP contribution in [0.5, 0.6) is 0 Å². The quantitative estimate of drug-likeness (QED) is 0.348. The number of rotatable bonds is 6. The highest BCUT2D eigenvalue weighted by Gasteiger charge is 2.20. The minimum atomic E-state index is -0.264. The van der Waals surface area contributed by atoms with Crippen molar-refractivity contribution in [1.29, 1.82) is 0 Å². The van der Waals surface area contributed by atoms with Crippen LogP contribution < -0.4 is 5.32 Å². The Morgan fingerprint density at radius 1 is 1.06 bits per heavy atom. The fourth-order valence-corrected chi connectivity index (χ4v) is 4.63. The van der Waals surface area contributed by atoms with Gasteiger partial charge in [-0.25, -0.2) is 9.97 Å². The Kier molecular flexibility index (Phi) is 4.99. The summed E-state index contributed by atoms with van der Waals surface area (Å²) in [4.78, 5) is 25.3. The molecule has 0 saturated carbocycles. The van der Waals surface area contributed by atoms with Crippen molar-refractivity contribution in [2.24, 2.45) is 0 Å². The van der Waals surface area contributed by atoms with Gasteiger partial charge in [0.15, 0.2) is 22.4 Å². The number of benzene rings is 2. The predicted octanol–water partition coefficient (Wildman–Crippen LogP) is 4.38. The lowest BCUT2D eigenvalue weighted by Crippen LogP contribution is -2.28. The van der Waals surface area contributed by atoms with Gasteiger partial charge in [-0.3, -0.25) is 9.20 Å². The smallest absolute Gasteiger partial charge is 0.231 e. The Labute approximate surface area is 197 Å². The first-order chi connectivity index (χ1) is 16.7. The number of amides is 1. The lowest BCUT2D eigenvalue weighted by atomic mass is 10.2. The predicted molar refractivity (Wildman–Crippen MR) is 129 cm³/mol. The lowest BCUT2D eigenvalue weighted by Gasteiger charge is -2.11. The third-order valence-corrected chi connectivity index (χ3v) is 6.41. The maximum Gasteiger partial charge on any atom is 0.231 e. The van der Waals surface area contributed by atoms with Gasteiger partial charge in [0.2, 0.25) is 5.91 Å². The summed E-state index contributed by atoms with van der Waals surface area (Å²) in [7, 11) is 0. The number of carbonyl (C=O) groups is 1. The van der Waals surface area contributed by atoms with Crippen LogP contribution in [0, 0.1) is 0 Å². The fourth-order valence-electron chi connectivity index (χ4n) is 3.88. The van der Waals surface area contributed by atoms with Crippen LogP contribution in [0.4, 0.5) is 0 Å². The van der Waals surface area contributed by atoms with E-state index >= 15 is 0 Å². The van der Waals surface area contributed by atoms with Crippen LogP contribution in [0.15, 0.2) is 76.5 Å². The van der Waals surface area contributed by atoms with E-state index in [0.29, 0.717) is 28.2 Å². The van der Waals surface area contributed by atoms with Crippen LogP contribution in [0.1, 0.15) is 18.8 Å². The molecule has 0 aliphatic heterocycles. The van der Waals surface area contributed by atoms with Gasteiger partial charge in [-0.2, -0.15) is 0 Å². The van der Waals surface area contributed by atoms with E-state index in [1.165, 1.54) is 11.8 Å². The number of thioether (sulfide) groups is 1. The molecule has 0 bridgehead atoms. The van der Waals surface area contributed by atoms with Crippen LogP contribution in [-0.2, 0) is 4.79 Å². The van der Waals surface area contributed by atoms with Gasteiger partial charge < -0.3 is 14.7 Å². The molecule has 0 unspecified atom stereocenters. The molecule has 6 aromatic rings. The van der Waals surface area contributed by atoms with Gasteiger partial charge in [-0.05, 0) is 43.3 Å². The molecule has 9 nitrogen and oxygen atoms in total. The number of para-hydroxylation sites is 3. The second kappa shape index (κ2) is 8.31. The van der Waals surface area contributed by atoms with Crippen molar-refractivity contribution in [2.45, 2.75) is 18.1 Å². The van der Waals surface area contributed by atoms with Gasteiger partial charge in [0.1, 0.15) is 5.82 Å². The zero-order chi connectivity index (χ0) is 23.1. The number of aromatic nitrogens is 6. The Morgan fingerprint density at radius 2 is 1.88 bits per heavy atom. The molecule has 2 N–H and O–H groups in total. The number of hydrogen-bond acceptors (Lipinski definition) is 7. The Balaban J connectivity index is 1.26. The number of furan rings is 1. The zero-order valence-electron chi connectivity index (χ0n) is 18.1. The first kappa shape index (κ1) is 20.4. The van der Waals surface area contributed by atoms with Crippen molar-refractivity contribution in [2.75, 3.05) is 5.75 Å². The summed E-state index contributed by atoms with van der Waals surface area (Å²) in [6.45, 7) is 1.90. The Morgan fingerprint density at radius 3 is 2.71 bits per heavy atom. The summed E-state index contributed by atoms with van der Waals surface area (Å²) in [6.07, 6.45) is 1.60. The monoisotopic (exact) mass is 469 g/mol. The molecule has 34 heavy (non-hydrogen) atoms. The molecule has 10 heteroatoms. The van der Waals surface area contributed by atoms with Gasteiger partial charge in [-0.15, -0.1) is 10.2 Å². The maximum absolute atomic E-state index is 12.7. The number of carbonyl (C=O) groups excluding carboxylic acids is 1. The van der Waals surface area contributed by atoms with E-state index in [1.54, 1.807) is 6.26 Å². The van der Waals surface area contributed by atoms with Crippen LogP contribution in [-0.4, -0.2) is 41.2 Å². The largest absolute Gasteiger partial charge is 0.461 e. The van der Waals surface area contributed by atoms with Gasteiger partial charge in [-0.1, -0.05) is 36.0 Å². The van der Waals surface area contributed by atoms with Gasteiger partial charge in [0.25, 0.3) is 0 Å². The van der Waals surface area contributed by atoms with E-state index in [0.717, 1.165) is 21.9 Å². The Hall–Kier alpha value is -4.18. The highest BCUT2D eigenvalue weighted by atomic mass is 32.2. The van der Waals surface area contributed by atoms with Gasteiger partial charge >= 0.3 is 0 Å². The molecule has 0 aliphatic rings. The van der Waals surface area contributed by atoms with Crippen LogP contribution >= 0.6 is 11.8 Å². The minimum absolute atomic E-state index is 0.136. The van der Waals surface area contributed by atoms with Crippen molar-refractivity contribution < 1.29 is 9.21 Å². The molecule has 1 atom stereocenters. The molecule has 0 spiro atoms. The minimum Gasteiger partial charge on any atom is -0.461 e. The third kappa shape index (κ3) is 3.57. The molecule has 6 rings (SSSR count). The summed E-state index contributed by atoms with van der Waals surface area (Å²) in [5.74, 6) is 1.92. The van der Waals surface area contributed by atoms with E-state index in [-0.39, 0.29) is 17.7 Å². The molecule has 4 aromatic heterocycles. The first-order valence-corrected chi connectivity index (χ1v) is 11.7. The molecule has 0 fully saturated rings. The normalized spacial score (nSPS) is 12.5. The number of nitrogens with zero attached hydrogens (tertiary/aromatic N) is 5. The molecule has 4 heterocycles. The van der Waals surface area contributed by atoms with Crippen LogP contribution in [0.3, 0.4) is 0 Å². The average molecular weight is 470 g/mol. The summed E-state index contributed by atoms with van der Waals surface area (Å²) < 4.78 is 7.45. The molecular formula is C24H19N7O2S. The average Bonchev–Trinajstić information content (AvgIpc) is 3.62. The molecule has 168 valence electrons. The van der Waals surface area contributed by atoms with Crippen LogP contribution in [0.25, 0.3) is 39.2 Å². The zero-order valence-corrected chi connectivity index (χ0v) is 18.9. The van der Waals surface area contributed by atoms with Crippen LogP contribution in [0.2, 0.25) is 0 Å². The van der Waals surface area contributed by atoms with Crippen molar-refractivity contribution in [1.82, 2.24) is 34.9 Å². The fraction of sp³-hybridized carbons (Fsp3) is 0.125. The number of hydrogen-bond donors (Lipinski definition) is 2. The van der Waals surface area contributed by atoms with Gasteiger partial charge in [0.05, 0.1) is 34.6 Å². The highest BCUT2D eigenvalue weighted by Crippen LogP contribution is 2.29. The summed E-state index contributed by atoms with van der Waals surface area (Å²) in [6, 6.07) is 18.9. The van der Waals surface area contributed by atoms with Crippen molar-refractivity contribution in [3.8, 4) is 11.6 Å². The lowest BCUT2D eigenvalue weighted by molar-refractivity contribution is -0.119. The Bertz CT molecular complexity index is 1600. The molecule has 2 aromatic carbocycles. The number of H-pyrrole nitrogens is 1. The van der Waals surface area contributed by atoms with E-state index in [9.17, 15) is 4.79 Å². The number of nitrogens with one attached hydrogen (secondary N) is 2. The highest BCUT2D eigenvalue weighted by molar-refractivity contribution is 7.99. The standard InChI is InChI=1S/C24H19N7O2S/c1-14(21-26-17-9-4-5-10-18(17)27-21)25-20(32)13-34-24-30-29-22-15-7-2-3-8-16(15)28-23(31(22)24)19-11-6-12-33-19/h2-12,14H,13H2,1H3,(H,25,32)(H,26,27)/t14-/m1/s1. The molecule has 1 amide bonds. The van der Waals surface area contributed by atoms with Crippen molar-refractivity contribution >= 4 is 45.3 Å². The van der Waals surface area contributed by atoms with E-state index < -0.39 is 0 Å². The summed E-state index contributed by atoms with van der Waals surface area (Å²) in [5, 5.41) is 13.2.